The number of aromatic nitrogens is 2. The second kappa shape index (κ2) is 3.97. The smallest absolute Gasteiger partial charge is 0.267 e. The van der Waals surface area contributed by atoms with E-state index in [0.717, 1.165) is 5.69 Å². The van der Waals surface area contributed by atoms with Crippen molar-refractivity contribution in [2.75, 3.05) is 11.1 Å². The number of nitrogens with one attached hydrogen (secondary N) is 1. The summed E-state index contributed by atoms with van der Waals surface area (Å²) in [6.45, 7) is 1.84. The van der Waals surface area contributed by atoms with E-state index in [2.05, 4.69) is 10.4 Å². The minimum atomic E-state index is -0.191. The summed E-state index contributed by atoms with van der Waals surface area (Å²) >= 11 is 1.33. The van der Waals surface area contributed by atoms with Crippen LogP contribution >= 0.6 is 11.3 Å². The molecule has 0 aromatic carbocycles. The molecule has 0 bridgehead atoms. The van der Waals surface area contributed by atoms with Gasteiger partial charge in [-0.25, -0.2) is 0 Å². The molecular formula is C10H12N4OS. The third-order valence-electron chi connectivity index (χ3n) is 2.16. The maximum Gasteiger partial charge on any atom is 0.267 e. The van der Waals surface area contributed by atoms with Gasteiger partial charge in [-0.2, -0.15) is 5.10 Å². The molecule has 0 unspecified atom stereocenters. The van der Waals surface area contributed by atoms with Crippen LogP contribution in [0.5, 0.6) is 0 Å². The second-order valence-electron chi connectivity index (χ2n) is 3.46. The Morgan fingerprint density at radius 2 is 2.38 bits per heavy atom. The Labute approximate surface area is 96.9 Å². The van der Waals surface area contributed by atoms with Crippen molar-refractivity contribution in [2.24, 2.45) is 7.05 Å². The number of thiophene rings is 1. The Hall–Kier alpha value is -1.82. The zero-order valence-electron chi connectivity index (χ0n) is 9.02. The highest BCUT2D eigenvalue weighted by molar-refractivity contribution is 7.12. The third-order valence-corrected chi connectivity index (χ3v) is 3.09. The van der Waals surface area contributed by atoms with Gasteiger partial charge in [0.2, 0.25) is 0 Å². The van der Waals surface area contributed by atoms with E-state index in [9.17, 15) is 4.79 Å². The monoisotopic (exact) mass is 236 g/mol. The Bertz CT molecular complexity index is 529. The van der Waals surface area contributed by atoms with Crippen LogP contribution in [0, 0.1) is 6.92 Å². The van der Waals surface area contributed by atoms with E-state index >= 15 is 0 Å². The Morgan fingerprint density at radius 3 is 2.88 bits per heavy atom. The lowest BCUT2D eigenvalue weighted by atomic mass is 10.3. The number of nitrogens with zero attached hydrogens (tertiary/aromatic N) is 2. The van der Waals surface area contributed by atoms with Crippen molar-refractivity contribution in [3.8, 4) is 0 Å². The van der Waals surface area contributed by atoms with E-state index in [1.54, 1.807) is 22.3 Å². The minimum absolute atomic E-state index is 0.191. The van der Waals surface area contributed by atoms with E-state index in [1.165, 1.54) is 11.3 Å². The molecular weight excluding hydrogens is 224 g/mol. The number of hydrogen-bond acceptors (Lipinski definition) is 4. The lowest BCUT2D eigenvalue weighted by molar-refractivity contribution is 0.103. The SMILES string of the molecule is Cc1nn(C)cc1NC(=O)c1sccc1N. The average Bonchev–Trinajstić information content (AvgIpc) is 2.74. The summed E-state index contributed by atoms with van der Waals surface area (Å²) in [6, 6.07) is 1.72. The molecule has 84 valence electrons. The summed E-state index contributed by atoms with van der Waals surface area (Å²) in [5.41, 5.74) is 7.66. The lowest BCUT2D eigenvalue weighted by Crippen LogP contribution is -2.12. The molecule has 1 amide bonds. The van der Waals surface area contributed by atoms with Gasteiger partial charge in [-0.1, -0.05) is 0 Å². The van der Waals surface area contributed by atoms with Crippen molar-refractivity contribution < 1.29 is 4.79 Å². The van der Waals surface area contributed by atoms with Crippen molar-refractivity contribution in [1.29, 1.82) is 0 Å². The first kappa shape index (κ1) is 10.7. The molecule has 2 rings (SSSR count). The van der Waals surface area contributed by atoms with Crippen LogP contribution < -0.4 is 11.1 Å². The van der Waals surface area contributed by atoms with Gasteiger partial charge in [0.15, 0.2) is 0 Å². The fourth-order valence-electron chi connectivity index (χ4n) is 1.41. The van der Waals surface area contributed by atoms with E-state index in [1.807, 2.05) is 14.0 Å². The van der Waals surface area contributed by atoms with Crippen LogP contribution in [-0.2, 0) is 7.05 Å². The topological polar surface area (TPSA) is 72.9 Å². The van der Waals surface area contributed by atoms with Gasteiger partial charge in [0.05, 0.1) is 17.1 Å². The molecule has 0 saturated heterocycles. The Morgan fingerprint density at radius 1 is 1.62 bits per heavy atom. The van der Waals surface area contributed by atoms with Crippen LogP contribution in [0.2, 0.25) is 0 Å². The van der Waals surface area contributed by atoms with Gasteiger partial charge in [-0.15, -0.1) is 11.3 Å². The molecule has 2 heterocycles. The second-order valence-corrected chi connectivity index (χ2v) is 4.38. The van der Waals surface area contributed by atoms with Crippen molar-refractivity contribution in [3.05, 3.63) is 28.2 Å². The van der Waals surface area contributed by atoms with Crippen molar-refractivity contribution in [2.45, 2.75) is 6.92 Å². The number of nitrogens with two attached hydrogens (primary N) is 1. The number of carbonyl (C=O) groups is 1. The summed E-state index contributed by atoms with van der Waals surface area (Å²) in [6.07, 6.45) is 1.76. The first-order valence-electron chi connectivity index (χ1n) is 4.72. The molecule has 0 saturated carbocycles. The summed E-state index contributed by atoms with van der Waals surface area (Å²) in [4.78, 5) is 12.4. The molecule has 0 aliphatic rings. The van der Waals surface area contributed by atoms with Gasteiger partial charge < -0.3 is 11.1 Å². The zero-order valence-corrected chi connectivity index (χ0v) is 9.84. The maximum absolute atomic E-state index is 11.8. The highest BCUT2D eigenvalue weighted by Crippen LogP contribution is 2.21. The quantitative estimate of drug-likeness (QED) is 0.832. The molecule has 0 radical (unpaired) electrons. The molecule has 0 spiro atoms. The van der Waals surface area contributed by atoms with Crippen molar-refractivity contribution in [1.82, 2.24) is 9.78 Å². The number of rotatable bonds is 2. The molecule has 0 fully saturated rings. The molecule has 0 aliphatic carbocycles. The number of amides is 1. The lowest BCUT2D eigenvalue weighted by Gasteiger charge is -2.01. The Kier molecular flexibility index (Phi) is 2.66. The van der Waals surface area contributed by atoms with E-state index in [-0.39, 0.29) is 5.91 Å². The predicted molar refractivity (Wildman–Crippen MR) is 64.6 cm³/mol. The van der Waals surface area contributed by atoms with E-state index in [0.29, 0.717) is 16.3 Å². The molecule has 2 aromatic rings. The third kappa shape index (κ3) is 1.92. The van der Waals surface area contributed by atoms with Gasteiger partial charge in [0.25, 0.3) is 5.91 Å². The number of nitrogen functional groups attached to an aromatic ring is 1. The van der Waals surface area contributed by atoms with Crippen molar-refractivity contribution in [3.63, 3.8) is 0 Å². The summed E-state index contributed by atoms with van der Waals surface area (Å²) < 4.78 is 1.66. The zero-order chi connectivity index (χ0) is 11.7. The van der Waals surface area contributed by atoms with E-state index < -0.39 is 0 Å². The largest absolute Gasteiger partial charge is 0.397 e. The number of carbonyl (C=O) groups excluding carboxylic acids is 1. The molecule has 6 heteroatoms. The first-order chi connectivity index (χ1) is 7.58. The fraction of sp³-hybridized carbons (Fsp3) is 0.200. The maximum atomic E-state index is 11.8. The van der Waals surface area contributed by atoms with Gasteiger partial charge in [-0.3, -0.25) is 9.48 Å². The molecule has 16 heavy (non-hydrogen) atoms. The summed E-state index contributed by atoms with van der Waals surface area (Å²) in [5.74, 6) is -0.191. The van der Waals surface area contributed by atoms with Crippen molar-refractivity contribution >= 4 is 28.6 Å². The molecule has 5 nitrogen and oxygen atoms in total. The van der Waals surface area contributed by atoms with Crippen LogP contribution in [0.3, 0.4) is 0 Å². The predicted octanol–water partition coefficient (Wildman–Crippen LogP) is 1.62. The van der Waals surface area contributed by atoms with Gasteiger partial charge in [-0.05, 0) is 18.4 Å². The standard InChI is InChI=1S/C10H12N4OS/c1-6-8(5-14(2)13-6)12-10(15)9-7(11)3-4-16-9/h3-5H,11H2,1-2H3,(H,12,15). The van der Waals surface area contributed by atoms with Crippen LogP contribution in [-0.4, -0.2) is 15.7 Å². The van der Waals surface area contributed by atoms with E-state index in [4.69, 9.17) is 5.73 Å². The summed E-state index contributed by atoms with van der Waals surface area (Å²) in [7, 11) is 1.81. The highest BCUT2D eigenvalue weighted by Gasteiger charge is 2.13. The number of aryl methyl sites for hydroxylation is 2. The number of hydrogen-bond donors (Lipinski definition) is 2. The molecule has 2 aromatic heterocycles. The van der Waals surface area contributed by atoms with Crippen LogP contribution in [0.4, 0.5) is 11.4 Å². The van der Waals surface area contributed by atoms with Crippen LogP contribution in [0.1, 0.15) is 15.4 Å². The summed E-state index contributed by atoms with van der Waals surface area (Å²) in [5, 5.41) is 8.72. The first-order valence-corrected chi connectivity index (χ1v) is 5.60. The fourth-order valence-corrected chi connectivity index (χ4v) is 2.12. The molecule has 0 atom stereocenters. The van der Waals surface area contributed by atoms with Gasteiger partial charge >= 0.3 is 0 Å². The normalized spacial score (nSPS) is 10.4. The molecule has 0 aliphatic heterocycles. The Balaban J connectivity index is 2.20. The van der Waals surface area contributed by atoms with Gasteiger partial charge in [0, 0.05) is 13.2 Å². The van der Waals surface area contributed by atoms with Crippen LogP contribution in [0.25, 0.3) is 0 Å². The van der Waals surface area contributed by atoms with Crippen LogP contribution in [0.15, 0.2) is 17.6 Å². The van der Waals surface area contributed by atoms with Gasteiger partial charge in [0.1, 0.15) is 4.88 Å². The molecule has 3 N–H and O–H groups in total. The highest BCUT2D eigenvalue weighted by atomic mass is 32.1. The minimum Gasteiger partial charge on any atom is -0.397 e. The average molecular weight is 236 g/mol. The number of anilines is 2.